The number of carbonyl (C=O) groups is 1. The first-order chi connectivity index (χ1) is 9.50. The van der Waals surface area contributed by atoms with Gasteiger partial charge in [-0.05, 0) is 45.4 Å². The van der Waals surface area contributed by atoms with E-state index in [1.54, 1.807) is 0 Å². The van der Waals surface area contributed by atoms with E-state index in [1.807, 2.05) is 6.92 Å². The van der Waals surface area contributed by atoms with Crippen molar-refractivity contribution < 1.29 is 17.9 Å². The molecule has 1 aliphatic heterocycles. The molecule has 1 heterocycles. The van der Waals surface area contributed by atoms with Crippen LogP contribution in [0.5, 0.6) is 0 Å². The zero-order chi connectivity index (χ0) is 14.6. The van der Waals surface area contributed by atoms with E-state index in [4.69, 9.17) is 4.74 Å². The molecule has 2 rings (SSSR count). The largest absolute Gasteiger partial charge is 0.466 e. The van der Waals surface area contributed by atoms with E-state index >= 15 is 0 Å². The van der Waals surface area contributed by atoms with E-state index in [9.17, 15) is 13.2 Å². The Balaban J connectivity index is 1.71. The Bertz CT molecular complexity index is 412. The number of rotatable bonds is 4. The number of nitrogens with one attached hydrogen (secondary N) is 1. The van der Waals surface area contributed by atoms with Crippen molar-refractivity contribution in [2.45, 2.75) is 57.5 Å². The first kappa shape index (κ1) is 15.8. The van der Waals surface area contributed by atoms with Crippen LogP contribution in [0.1, 0.15) is 45.4 Å². The Morgan fingerprint density at radius 1 is 1.05 bits per heavy atom. The van der Waals surface area contributed by atoms with Gasteiger partial charge >= 0.3 is 5.97 Å². The van der Waals surface area contributed by atoms with Crippen LogP contribution in [0, 0.1) is 5.92 Å². The quantitative estimate of drug-likeness (QED) is 0.792. The van der Waals surface area contributed by atoms with Crippen LogP contribution in [-0.2, 0) is 19.4 Å². The highest BCUT2D eigenvalue weighted by Gasteiger charge is 2.30. The molecule has 0 aromatic rings. The van der Waals surface area contributed by atoms with E-state index < -0.39 is 9.84 Å². The summed E-state index contributed by atoms with van der Waals surface area (Å²) in [6, 6.07) is 0.745. The van der Waals surface area contributed by atoms with Crippen molar-refractivity contribution in [3.63, 3.8) is 0 Å². The van der Waals surface area contributed by atoms with Gasteiger partial charge in [0, 0.05) is 12.1 Å². The van der Waals surface area contributed by atoms with Crippen LogP contribution in [0.2, 0.25) is 0 Å². The summed E-state index contributed by atoms with van der Waals surface area (Å²) < 4.78 is 27.8. The Labute approximate surface area is 121 Å². The van der Waals surface area contributed by atoms with Crippen LogP contribution in [0.4, 0.5) is 0 Å². The summed E-state index contributed by atoms with van der Waals surface area (Å²) in [6.07, 6.45) is 5.16. The summed E-state index contributed by atoms with van der Waals surface area (Å²) in [6.45, 7) is 2.29. The number of carbonyl (C=O) groups excluding carboxylic acids is 1. The molecule has 1 saturated heterocycles. The highest BCUT2D eigenvalue weighted by Crippen LogP contribution is 2.26. The second kappa shape index (κ2) is 6.89. The van der Waals surface area contributed by atoms with Crippen molar-refractivity contribution >= 4 is 15.8 Å². The minimum absolute atomic E-state index is 0.0553. The van der Waals surface area contributed by atoms with Crippen LogP contribution >= 0.6 is 0 Å². The molecule has 0 radical (unpaired) electrons. The van der Waals surface area contributed by atoms with Crippen LogP contribution in [0.25, 0.3) is 0 Å². The van der Waals surface area contributed by atoms with E-state index in [-0.39, 0.29) is 11.9 Å². The molecule has 0 atom stereocenters. The Morgan fingerprint density at radius 3 is 2.15 bits per heavy atom. The Hall–Kier alpha value is -0.620. The van der Waals surface area contributed by atoms with Gasteiger partial charge in [0.1, 0.15) is 9.84 Å². The van der Waals surface area contributed by atoms with E-state index in [1.165, 1.54) is 0 Å². The van der Waals surface area contributed by atoms with Gasteiger partial charge in [-0.3, -0.25) is 4.79 Å². The average Bonchev–Trinajstić information content (AvgIpc) is 2.42. The summed E-state index contributed by atoms with van der Waals surface area (Å²) in [4.78, 5) is 11.7. The fourth-order valence-electron chi connectivity index (χ4n) is 3.15. The van der Waals surface area contributed by atoms with Gasteiger partial charge < -0.3 is 10.1 Å². The topological polar surface area (TPSA) is 72.5 Å². The summed E-state index contributed by atoms with van der Waals surface area (Å²) in [5.41, 5.74) is 0. The van der Waals surface area contributed by atoms with Gasteiger partial charge in [0.2, 0.25) is 0 Å². The zero-order valence-electron chi connectivity index (χ0n) is 12.1. The van der Waals surface area contributed by atoms with Gasteiger partial charge in [0.15, 0.2) is 0 Å². The molecule has 1 aliphatic carbocycles. The first-order valence-corrected chi connectivity index (χ1v) is 9.45. The molecule has 116 valence electrons. The lowest BCUT2D eigenvalue weighted by atomic mass is 9.85. The molecule has 0 spiro atoms. The average molecular weight is 303 g/mol. The van der Waals surface area contributed by atoms with Gasteiger partial charge in [-0.2, -0.15) is 0 Å². The molecule has 0 aromatic carbocycles. The van der Waals surface area contributed by atoms with Crippen molar-refractivity contribution in [1.82, 2.24) is 5.32 Å². The highest BCUT2D eigenvalue weighted by molar-refractivity contribution is 7.91. The third-order valence-corrected chi connectivity index (χ3v) is 6.09. The molecule has 2 aliphatic rings. The lowest BCUT2D eigenvalue weighted by Crippen LogP contribution is -2.45. The fraction of sp³-hybridized carbons (Fsp3) is 0.929. The number of esters is 1. The third-order valence-electron chi connectivity index (χ3n) is 4.37. The first-order valence-electron chi connectivity index (χ1n) is 7.63. The monoisotopic (exact) mass is 303 g/mol. The summed E-state index contributed by atoms with van der Waals surface area (Å²) in [7, 11) is -2.78. The second-order valence-corrected chi connectivity index (χ2v) is 8.20. The minimum Gasteiger partial charge on any atom is -0.466 e. The zero-order valence-corrected chi connectivity index (χ0v) is 13.0. The maximum atomic E-state index is 11.7. The molecule has 1 N–H and O–H groups in total. The van der Waals surface area contributed by atoms with Gasteiger partial charge in [-0.25, -0.2) is 8.42 Å². The lowest BCUT2D eigenvalue weighted by Gasteiger charge is -2.32. The van der Waals surface area contributed by atoms with Gasteiger partial charge in [-0.15, -0.1) is 0 Å². The molecule has 0 aromatic heterocycles. The van der Waals surface area contributed by atoms with E-state index in [2.05, 4.69) is 5.32 Å². The molecule has 6 heteroatoms. The maximum absolute atomic E-state index is 11.7. The SMILES string of the molecule is CCOC(=O)C1CCC(NC2CCS(=O)(=O)CC2)CC1. The predicted molar refractivity (Wildman–Crippen MR) is 77.2 cm³/mol. The molecule has 5 nitrogen and oxygen atoms in total. The minimum atomic E-state index is -2.78. The second-order valence-electron chi connectivity index (χ2n) is 5.89. The van der Waals surface area contributed by atoms with Crippen molar-refractivity contribution in [3.8, 4) is 0 Å². The van der Waals surface area contributed by atoms with Crippen LogP contribution in [-0.4, -0.2) is 44.6 Å². The number of hydrogen-bond acceptors (Lipinski definition) is 5. The normalized spacial score (nSPS) is 30.9. The number of sulfone groups is 1. The molecule has 2 fully saturated rings. The molecule has 1 saturated carbocycles. The van der Waals surface area contributed by atoms with Crippen molar-refractivity contribution in [3.05, 3.63) is 0 Å². The standard InChI is InChI=1S/C14H25NO4S/c1-2-19-14(16)11-3-5-12(6-4-11)15-13-7-9-20(17,18)10-8-13/h11-13,15H,2-10H2,1H3. The van der Waals surface area contributed by atoms with Crippen LogP contribution in [0.3, 0.4) is 0 Å². The highest BCUT2D eigenvalue weighted by atomic mass is 32.2. The summed E-state index contributed by atoms with van der Waals surface area (Å²) >= 11 is 0. The molecule has 0 bridgehead atoms. The number of ether oxygens (including phenoxy) is 1. The van der Waals surface area contributed by atoms with Crippen molar-refractivity contribution in [2.75, 3.05) is 18.1 Å². The van der Waals surface area contributed by atoms with Gasteiger partial charge in [0.25, 0.3) is 0 Å². The van der Waals surface area contributed by atoms with E-state index in [0.717, 1.165) is 38.5 Å². The third kappa shape index (κ3) is 4.45. The fourth-order valence-corrected chi connectivity index (χ4v) is 4.64. The Kier molecular flexibility index (Phi) is 5.43. The molecular weight excluding hydrogens is 278 g/mol. The summed E-state index contributed by atoms with van der Waals surface area (Å²) in [5.74, 6) is 0.612. The van der Waals surface area contributed by atoms with Crippen LogP contribution < -0.4 is 5.32 Å². The molecule has 20 heavy (non-hydrogen) atoms. The number of hydrogen-bond donors (Lipinski definition) is 1. The smallest absolute Gasteiger partial charge is 0.308 e. The van der Waals surface area contributed by atoms with E-state index in [0.29, 0.717) is 30.2 Å². The Morgan fingerprint density at radius 2 is 1.60 bits per heavy atom. The summed E-state index contributed by atoms with van der Waals surface area (Å²) in [5, 5.41) is 3.57. The maximum Gasteiger partial charge on any atom is 0.308 e. The van der Waals surface area contributed by atoms with Crippen molar-refractivity contribution in [2.24, 2.45) is 5.92 Å². The van der Waals surface area contributed by atoms with Gasteiger partial charge in [-0.1, -0.05) is 0 Å². The molecule has 0 unspecified atom stereocenters. The van der Waals surface area contributed by atoms with Crippen LogP contribution in [0.15, 0.2) is 0 Å². The molecule has 0 amide bonds. The van der Waals surface area contributed by atoms with Crippen molar-refractivity contribution in [1.29, 1.82) is 0 Å². The van der Waals surface area contributed by atoms with Gasteiger partial charge in [0.05, 0.1) is 24.0 Å². The lowest BCUT2D eigenvalue weighted by molar-refractivity contribution is -0.149. The predicted octanol–water partition coefficient (Wildman–Crippen LogP) is 1.28. The molecular formula is C14H25NO4S.